The van der Waals surface area contributed by atoms with Crippen LogP contribution in [0.25, 0.3) is 0 Å². The maximum Gasteiger partial charge on any atom is 0.270 e. The minimum atomic E-state index is -2.96. The van der Waals surface area contributed by atoms with E-state index < -0.39 is 9.84 Å². The Kier molecular flexibility index (Phi) is 4.46. The van der Waals surface area contributed by atoms with Crippen molar-refractivity contribution < 1.29 is 13.2 Å². The van der Waals surface area contributed by atoms with Crippen LogP contribution in [0.1, 0.15) is 30.8 Å². The molecular formula is C13H20N4O3S. The second kappa shape index (κ2) is 5.97. The lowest BCUT2D eigenvalue weighted by Gasteiger charge is -2.24. The molecule has 0 radical (unpaired) electrons. The van der Waals surface area contributed by atoms with Crippen molar-refractivity contribution in [2.24, 2.45) is 0 Å². The summed E-state index contributed by atoms with van der Waals surface area (Å²) in [5.74, 6) is 0.622. The zero-order valence-electron chi connectivity index (χ0n) is 12.4. The molecule has 1 N–H and O–H groups in total. The van der Waals surface area contributed by atoms with Gasteiger partial charge in [-0.3, -0.25) is 4.79 Å². The molecule has 1 saturated heterocycles. The fourth-order valence-electron chi connectivity index (χ4n) is 2.27. The van der Waals surface area contributed by atoms with Crippen LogP contribution in [0.2, 0.25) is 0 Å². The second-order valence-electron chi connectivity index (χ2n) is 5.56. The number of rotatable bonds is 4. The molecule has 116 valence electrons. The summed E-state index contributed by atoms with van der Waals surface area (Å²) in [4.78, 5) is 21.8. The molecule has 21 heavy (non-hydrogen) atoms. The molecule has 1 unspecified atom stereocenters. The average molecular weight is 312 g/mol. The summed E-state index contributed by atoms with van der Waals surface area (Å²) < 4.78 is 23.1. The average Bonchev–Trinajstić information content (AvgIpc) is 2.77. The number of aromatic nitrogens is 2. The summed E-state index contributed by atoms with van der Waals surface area (Å²) in [6, 6.07) is 1.50. The van der Waals surface area contributed by atoms with Gasteiger partial charge in [0.2, 0.25) is 0 Å². The Balaban J connectivity index is 2.15. The summed E-state index contributed by atoms with van der Waals surface area (Å²) in [5.41, 5.74) is 0.279. The molecule has 7 nitrogen and oxygen atoms in total. The van der Waals surface area contributed by atoms with Crippen molar-refractivity contribution in [3.05, 3.63) is 18.1 Å². The Morgan fingerprint density at radius 3 is 2.71 bits per heavy atom. The lowest BCUT2D eigenvalue weighted by atomic mass is 10.2. The number of nitrogens with zero attached hydrogens (tertiary/aromatic N) is 3. The summed E-state index contributed by atoms with van der Waals surface area (Å²) in [6.45, 7) is 3.74. The molecule has 1 aliphatic rings. The molecule has 1 fully saturated rings. The zero-order chi connectivity index (χ0) is 15.6. The van der Waals surface area contributed by atoms with Crippen LogP contribution in [0.3, 0.4) is 0 Å². The van der Waals surface area contributed by atoms with Gasteiger partial charge in [0.1, 0.15) is 17.8 Å². The number of amides is 1. The van der Waals surface area contributed by atoms with Crippen molar-refractivity contribution in [3.8, 4) is 0 Å². The van der Waals surface area contributed by atoms with Gasteiger partial charge in [-0.05, 0) is 20.3 Å². The number of carbonyl (C=O) groups excluding carboxylic acids is 1. The molecule has 8 heteroatoms. The monoisotopic (exact) mass is 312 g/mol. The third-order valence-corrected chi connectivity index (χ3v) is 5.17. The predicted molar refractivity (Wildman–Crippen MR) is 80.1 cm³/mol. The van der Waals surface area contributed by atoms with Gasteiger partial charge in [-0.1, -0.05) is 0 Å². The van der Waals surface area contributed by atoms with Crippen LogP contribution in [-0.2, 0) is 9.84 Å². The highest BCUT2D eigenvalue weighted by Gasteiger charge is 2.31. The molecule has 1 aromatic rings. The van der Waals surface area contributed by atoms with Gasteiger partial charge in [-0.2, -0.15) is 0 Å². The van der Waals surface area contributed by atoms with Gasteiger partial charge in [0, 0.05) is 25.2 Å². The molecule has 2 rings (SSSR count). The first-order valence-electron chi connectivity index (χ1n) is 6.84. The van der Waals surface area contributed by atoms with Crippen LogP contribution in [0.5, 0.6) is 0 Å². The van der Waals surface area contributed by atoms with Crippen molar-refractivity contribution in [1.82, 2.24) is 15.3 Å². The van der Waals surface area contributed by atoms with E-state index in [0.717, 1.165) is 0 Å². The Hall–Kier alpha value is -1.70. The van der Waals surface area contributed by atoms with Crippen LogP contribution >= 0.6 is 0 Å². The molecule has 1 aromatic heterocycles. The Morgan fingerprint density at radius 1 is 1.43 bits per heavy atom. The van der Waals surface area contributed by atoms with Gasteiger partial charge in [-0.15, -0.1) is 0 Å². The fourth-order valence-corrected chi connectivity index (χ4v) is 4.04. The van der Waals surface area contributed by atoms with Gasteiger partial charge in [0.15, 0.2) is 9.84 Å². The summed E-state index contributed by atoms with van der Waals surface area (Å²) in [6.07, 6.45) is 1.90. The van der Waals surface area contributed by atoms with E-state index in [1.807, 2.05) is 13.8 Å². The molecular weight excluding hydrogens is 292 g/mol. The van der Waals surface area contributed by atoms with Crippen LogP contribution in [0.4, 0.5) is 5.82 Å². The molecule has 1 aliphatic heterocycles. The van der Waals surface area contributed by atoms with E-state index >= 15 is 0 Å². The number of hydrogen-bond acceptors (Lipinski definition) is 6. The number of hydrogen-bond donors (Lipinski definition) is 1. The minimum Gasteiger partial charge on any atom is -0.356 e. The van der Waals surface area contributed by atoms with Gasteiger partial charge in [0.25, 0.3) is 5.91 Å². The van der Waals surface area contributed by atoms with Crippen molar-refractivity contribution in [1.29, 1.82) is 0 Å². The van der Waals surface area contributed by atoms with Gasteiger partial charge in [0.05, 0.1) is 11.5 Å². The standard InChI is InChI=1S/C13H20N4O3S/c1-9(2)16-13(18)11-6-12(15-8-14-11)17(3)10-4-5-21(19,20)7-10/h6,8-10H,4-5,7H2,1-3H3,(H,16,18). The lowest BCUT2D eigenvalue weighted by molar-refractivity contribution is 0.0938. The van der Waals surface area contributed by atoms with Crippen LogP contribution in [0.15, 0.2) is 12.4 Å². The lowest BCUT2D eigenvalue weighted by Crippen LogP contribution is -2.34. The summed E-state index contributed by atoms with van der Waals surface area (Å²) >= 11 is 0. The van der Waals surface area contributed by atoms with Crippen LogP contribution in [-0.4, -0.2) is 54.9 Å². The SMILES string of the molecule is CC(C)NC(=O)c1cc(N(C)C2CCS(=O)(=O)C2)ncn1. The first kappa shape index (κ1) is 15.7. The van der Waals surface area contributed by atoms with E-state index in [1.54, 1.807) is 18.0 Å². The maximum absolute atomic E-state index is 11.9. The predicted octanol–water partition coefficient (Wildman–Crippen LogP) is 0.238. The normalized spacial score (nSPS) is 20.5. The van der Waals surface area contributed by atoms with Crippen molar-refractivity contribution >= 4 is 21.6 Å². The van der Waals surface area contributed by atoms with Gasteiger partial charge < -0.3 is 10.2 Å². The highest BCUT2D eigenvalue weighted by Crippen LogP contribution is 2.21. The second-order valence-corrected chi connectivity index (χ2v) is 7.79. The topological polar surface area (TPSA) is 92.3 Å². The number of carbonyl (C=O) groups is 1. The van der Waals surface area contributed by atoms with E-state index in [-0.39, 0.29) is 35.2 Å². The zero-order valence-corrected chi connectivity index (χ0v) is 13.2. The molecule has 2 heterocycles. The first-order valence-corrected chi connectivity index (χ1v) is 8.67. The summed E-state index contributed by atoms with van der Waals surface area (Å²) in [7, 11) is -1.17. The smallest absolute Gasteiger partial charge is 0.270 e. The van der Waals surface area contributed by atoms with E-state index in [2.05, 4.69) is 15.3 Å². The number of anilines is 1. The minimum absolute atomic E-state index is 0.0219. The van der Waals surface area contributed by atoms with Crippen LogP contribution < -0.4 is 10.2 Å². The van der Waals surface area contributed by atoms with Gasteiger partial charge in [-0.25, -0.2) is 18.4 Å². The molecule has 1 amide bonds. The largest absolute Gasteiger partial charge is 0.356 e. The molecule has 0 spiro atoms. The molecule has 0 saturated carbocycles. The Labute approximate surface area is 124 Å². The molecule has 0 bridgehead atoms. The van der Waals surface area contributed by atoms with E-state index in [9.17, 15) is 13.2 Å². The van der Waals surface area contributed by atoms with E-state index in [4.69, 9.17) is 0 Å². The van der Waals surface area contributed by atoms with Crippen molar-refractivity contribution in [2.45, 2.75) is 32.4 Å². The van der Waals surface area contributed by atoms with Crippen molar-refractivity contribution in [2.75, 3.05) is 23.5 Å². The third-order valence-electron chi connectivity index (χ3n) is 3.42. The Bertz CT molecular complexity index is 630. The van der Waals surface area contributed by atoms with E-state index in [0.29, 0.717) is 12.2 Å². The quantitative estimate of drug-likeness (QED) is 0.856. The molecule has 1 atom stereocenters. The van der Waals surface area contributed by atoms with Crippen molar-refractivity contribution in [3.63, 3.8) is 0 Å². The fraction of sp³-hybridized carbons (Fsp3) is 0.615. The number of nitrogens with one attached hydrogen (secondary N) is 1. The van der Waals surface area contributed by atoms with Gasteiger partial charge >= 0.3 is 0 Å². The van der Waals surface area contributed by atoms with E-state index in [1.165, 1.54) is 6.33 Å². The molecule has 0 aromatic carbocycles. The summed E-state index contributed by atoms with van der Waals surface area (Å²) in [5, 5.41) is 2.76. The highest BCUT2D eigenvalue weighted by molar-refractivity contribution is 7.91. The first-order chi connectivity index (χ1) is 9.78. The molecule has 0 aliphatic carbocycles. The third kappa shape index (κ3) is 3.90. The van der Waals surface area contributed by atoms with Crippen LogP contribution in [0, 0.1) is 0 Å². The number of sulfone groups is 1. The Morgan fingerprint density at radius 2 is 2.14 bits per heavy atom. The maximum atomic E-state index is 11.9. The highest BCUT2D eigenvalue weighted by atomic mass is 32.2.